The molecular formula is C19H19F2N5O. The average Bonchev–Trinajstić information content (AvgIpc) is 2.94. The molecule has 8 heteroatoms. The summed E-state index contributed by atoms with van der Waals surface area (Å²) in [6.45, 7) is 0.678. The number of hydrogen-bond donors (Lipinski definition) is 2. The number of alkyl halides is 2. The Balaban J connectivity index is 1.75. The first-order valence-electron chi connectivity index (χ1n) is 8.84. The van der Waals surface area contributed by atoms with Gasteiger partial charge in [-0.25, -0.2) is 9.97 Å². The zero-order chi connectivity index (χ0) is 19.2. The maximum atomic E-state index is 14.3. The van der Waals surface area contributed by atoms with Crippen LogP contribution in [-0.2, 0) is 12.3 Å². The van der Waals surface area contributed by atoms with E-state index in [0.717, 1.165) is 5.56 Å². The fraction of sp³-hybridized carbons (Fsp3) is 0.421. The Morgan fingerprint density at radius 3 is 2.63 bits per heavy atom. The van der Waals surface area contributed by atoms with Gasteiger partial charge in [-0.15, -0.1) is 0 Å². The van der Waals surface area contributed by atoms with Gasteiger partial charge in [-0.3, -0.25) is 0 Å². The van der Waals surface area contributed by atoms with Crippen LogP contribution in [0.2, 0.25) is 0 Å². The summed E-state index contributed by atoms with van der Waals surface area (Å²) in [4.78, 5) is 10.3. The van der Waals surface area contributed by atoms with E-state index in [9.17, 15) is 13.9 Å². The SMILES string of the molecule is N#CCC(N)c1ccc(-c2nc(N3CC(O)C3)nc3c2CCC3(F)F)cc1. The number of aromatic nitrogens is 2. The van der Waals surface area contributed by atoms with Crippen LogP contribution in [0.25, 0.3) is 11.3 Å². The predicted octanol–water partition coefficient (Wildman–Crippen LogP) is 2.28. The second-order valence-corrected chi connectivity index (χ2v) is 7.05. The zero-order valence-corrected chi connectivity index (χ0v) is 14.6. The molecule has 2 aromatic rings. The van der Waals surface area contributed by atoms with Crippen LogP contribution in [0.5, 0.6) is 0 Å². The van der Waals surface area contributed by atoms with Crippen molar-refractivity contribution in [2.24, 2.45) is 5.73 Å². The number of nitriles is 1. The van der Waals surface area contributed by atoms with E-state index in [0.29, 0.717) is 29.9 Å². The molecule has 2 heterocycles. The lowest BCUT2D eigenvalue weighted by atomic mass is 10.00. The third kappa shape index (κ3) is 3.13. The van der Waals surface area contributed by atoms with E-state index in [1.54, 1.807) is 29.2 Å². The molecule has 1 unspecified atom stereocenters. The van der Waals surface area contributed by atoms with Crippen molar-refractivity contribution >= 4 is 5.95 Å². The van der Waals surface area contributed by atoms with Crippen LogP contribution in [0.1, 0.15) is 35.7 Å². The minimum atomic E-state index is -2.97. The van der Waals surface area contributed by atoms with Crippen LogP contribution < -0.4 is 10.6 Å². The monoisotopic (exact) mass is 371 g/mol. The minimum Gasteiger partial charge on any atom is -0.389 e. The van der Waals surface area contributed by atoms with E-state index in [1.807, 2.05) is 6.07 Å². The lowest BCUT2D eigenvalue weighted by Crippen LogP contribution is -2.51. The first-order valence-corrected chi connectivity index (χ1v) is 8.84. The van der Waals surface area contributed by atoms with Crippen LogP contribution in [-0.4, -0.2) is 34.3 Å². The van der Waals surface area contributed by atoms with Crippen molar-refractivity contribution in [3.8, 4) is 17.3 Å². The maximum Gasteiger partial charge on any atom is 0.290 e. The molecule has 0 saturated carbocycles. The molecule has 140 valence electrons. The van der Waals surface area contributed by atoms with Gasteiger partial charge in [0.2, 0.25) is 5.95 Å². The van der Waals surface area contributed by atoms with Gasteiger partial charge in [0.1, 0.15) is 5.69 Å². The number of aliphatic hydroxyl groups is 1. The van der Waals surface area contributed by atoms with Gasteiger partial charge in [0, 0.05) is 36.7 Å². The molecule has 1 aromatic heterocycles. The first-order chi connectivity index (χ1) is 12.9. The first kappa shape index (κ1) is 17.8. The van der Waals surface area contributed by atoms with Gasteiger partial charge in [0.15, 0.2) is 0 Å². The maximum absolute atomic E-state index is 14.3. The second kappa shape index (κ2) is 6.51. The summed E-state index contributed by atoms with van der Waals surface area (Å²) in [6.07, 6.45) is -0.334. The predicted molar refractivity (Wildman–Crippen MR) is 95.1 cm³/mol. The number of aliphatic hydroxyl groups excluding tert-OH is 1. The van der Waals surface area contributed by atoms with Crippen molar-refractivity contribution in [1.82, 2.24) is 9.97 Å². The van der Waals surface area contributed by atoms with Crippen molar-refractivity contribution in [2.45, 2.75) is 37.3 Å². The van der Waals surface area contributed by atoms with Crippen LogP contribution in [0.15, 0.2) is 24.3 Å². The van der Waals surface area contributed by atoms with Gasteiger partial charge in [0.25, 0.3) is 5.92 Å². The average molecular weight is 371 g/mol. The minimum absolute atomic E-state index is 0.204. The van der Waals surface area contributed by atoms with Crippen molar-refractivity contribution in [1.29, 1.82) is 5.26 Å². The number of nitrogens with two attached hydrogens (primary N) is 1. The summed E-state index contributed by atoms with van der Waals surface area (Å²) in [5.74, 6) is -2.75. The zero-order valence-electron chi connectivity index (χ0n) is 14.6. The number of β-amino-alcohol motifs (C(OH)–C–C–N with tert-alkyl or cyclic N) is 1. The number of rotatable bonds is 4. The van der Waals surface area contributed by atoms with Crippen LogP contribution in [0.3, 0.4) is 0 Å². The van der Waals surface area contributed by atoms with Crippen LogP contribution >= 0.6 is 0 Å². The topological polar surface area (TPSA) is 99.1 Å². The number of benzene rings is 1. The van der Waals surface area contributed by atoms with Crippen LogP contribution in [0.4, 0.5) is 14.7 Å². The highest BCUT2D eigenvalue weighted by Gasteiger charge is 2.44. The van der Waals surface area contributed by atoms with E-state index in [4.69, 9.17) is 11.0 Å². The van der Waals surface area contributed by atoms with Crippen molar-refractivity contribution in [3.63, 3.8) is 0 Å². The van der Waals surface area contributed by atoms with Gasteiger partial charge in [-0.2, -0.15) is 14.0 Å². The lowest BCUT2D eigenvalue weighted by molar-refractivity contribution is -0.00596. The Morgan fingerprint density at radius 2 is 2.00 bits per heavy atom. The van der Waals surface area contributed by atoms with E-state index >= 15 is 0 Å². The highest BCUT2D eigenvalue weighted by Crippen LogP contribution is 2.44. The number of fused-ring (bicyclic) bond motifs is 1. The summed E-state index contributed by atoms with van der Waals surface area (Å²) >= 11 is 0. The smallest absolute Gasteiger partial charge is 0.290 e. The molecule has 1 aromatic carbocycles. The second-order valence-electron chi connectivity index (χ2n) is 7.05. The molecular weight excluding hydrogens is 352 g/mol. The lowest BCUT2D eigenvalue weighted by Gasteiger charge is -2.36. The van der Waals surface area contributed by atoms with Crippen molar-refractivity contribution in [3.05, 3.63) is 41.1 Å². The molecule has 0 amide bonds. The van der Waals surface area contributed by atoms with Gasteiger partial charge in [-0.1, -0.05) is 24.3 Å². The molecule has 6 nitrogen and oxygen atoms in total. The van der Waals surface area contributed by atoms with Crippen molar-refractivity contribution in [2.75, 3.05) is 18.0 Å². The van der Waals surface area contributed by atoms with E-state index in [-0.39, 0.29) is 36.9 Å². The summed E-state index contributed by atoms with van der Waals surface area (Å²) in [6, 6.07) is 8.83. The van der Waals surface area contributed by atoms with Crippen molar-refractivity contribution < 1.29 is 13.9 Å². The molecule has 3 N–H and O–H groups in total. The molecule has 2 aliphatic rings. The van der Waals surface area contributed by atoms with E-state index in [2.05, 4.69) is 9.97 Å². The summed E-state index contributed by atoms with van der Waals surface area (Å²) in [5, 5.41) is 18.3. The number of hydrogen-bond acceptors (Lipinski definition) is 6. The number of nitrogens with zero attached hydrogens (tertiary/aromatic N) is 4. The van der Waals surface area contributed by atoms with Gasteiger partial charge >= 0.3 is 0 Å². The Hall–Kier alpha value is -2.63. The van der Waals surface area contributed by atoms with Gasteiger partial charge in [0.05, 0.1) is 24.3 Å². The fourth-order valence-electron chi connectivity index (χ4n) is 3.52. The third-order valence-electron chi connectivity index (χ3n) is 5.10. The molecule has 1 saturated heterocycles. The molecule has 0 radical (unpaired) electrons. The Morgan fingerprint density at radius 1 is 1.30 bits per heavy atom. The quantitative estimate of drug-likeness (QED) is 0.855. The van der Waals surface area contributed by atoms with E-state index in [1.165, 1.54) is 0 Å². The highest BCUT2D eigenvalue weighted by molar-refractivity contribution is 5.67. The van der Waals surface area contributed by atoms with E-state index < -0.39 is 12.0 Å². The summed E-state index contributed by atoms with van der Waals surface area (Å²) in [5.41, 5.74) is 8.21. The fourth-order valence-corrected chi connectivity index (χ4v) is 3.52. The molecule has 4 rings (SSSR count). The molecule has 1 fully saturated rings. The molecule has 0 spiro atoms. The third-order valence-corrected chi connectivity index (χ3v) is 5.10. The largest absolute Gasteiger partial charge is 0.389 e. The van der Waals surface area contributed by atoms with Gasteiger partial charge < -0.3 is 15.7 Å². The van der Waals surface area contributed by atoms with Gasteiger partial charge in [-0.05, 0) is 12.0 Å². The Kier molecular flexibility index (Phi) is 4.29. The van der Waals surface area contributed by atoms with Crippen LogP contribution in [0, 0.1) is 11.3 Å². The standard InChI is InChI=1S/C19H19F2N5O/c20-19(21)7-5-14-16(12-3-1-11(2-4-12)15(23)6-8-22)24-18(25-17(14)19)26-9-13(27)10-26/h1-4,13,15,27H,5-7,9-10,23H2. The molecule has 0 bridgehead atoms. The molecule has 1 aliphatic heterocycles. The molecule has 27 heavy (non-hydrogen) atoms. The Bertz CT molecular complexity index is 904. The summed E-state index contributed by atoms with van der Waals surface area (Å²) < 4.78 is 28.6. The Labute approximate surface area is 155 Å². The normalized spacial score (nSPS) is 19.3. The molecule has 1 aliphatic carbocycles. The summed E-state index contributed by atoms with van der Waals surface area (Å²) in [7, 11) is 0. The molecule has 1 atom stereocenters. The number of anilines is 1. The number of halogens is 2. The highest BCUT2D eigenvalue weighted by atomic mass is 19.3.